The lowest BCUT2D eigenvalue weighted by Crippen LogP contribution is -2.19. The zero-order chi connectivity index (χ0) is 15.7. The lowest BCUT2D eigenvalue weighted by molar-refractivity contribution is -0.274. The van der Waals surface area contributed by atoms with Crippen molar-refractivity contribution in [2.45, 2.75) is 10.7 Å². The molecule has 1 aromatic carbocycles. The van der Waals surface area contributed by atoms with E-state index in [4.69, 9.17) is 5.73 Å². The monoisotopic (exact) mass is 340 g/mol. The minimum absolute atomic E-state index is 0.0878. The molecule has 0 fully saturated rings. The molecule has 0 saturated heterocycles. The number of aromatic nitrogens is 2. The van der Waals surface area contributed by atoms with E-state index in [0.29, 0.717) is 11.3 Å². The molecule has 0 aliphatic rings. The van der Waals surface area contributed by atoms with Crippen LogP contribution in [0.2, 0.25) is 0 Å². The topological polar surface area (TPSA) is 107 Å². The van der Waals surface area contributed by atoms with E-state index in [2.05, 4.69) is 14.9 Å². The van der Waals surface area contributed by atoms with E-state index in [1.165, 1.54) is 12.1 Å². The van der Waals surface area contributed by atoms with Crippen LogP contribution in [0.4, 0.5) is 24.0 Å². The average Bonchev–Trinajstić information content (AvgIpc) is 2.77. The Labute approximate surface area is 120 Å². The molecule has 0 bridgehead atoms. The number of rotatable bonds is 4. The largest absolute Gasteiger partial charge is 0.573 e. The zero-order valence-electron chi connectivity index (χ0n) is 9.96. The van der Waals surface area contributed by atoms with Crippen molar-refractivity contribution < 1.29 is 26.3 Å². The van der Waals surface area contributed by atoms with E-state index < -0.39 is 26.5 Å². The fourth-order valence-electron chi connectivity index (χ4n) is 1.28. The summed E-state index contributed by atoms with van der Waals surface area (Å²) in [6, 6.07) is 4.69. The molecule has 1 aromatic heterocycles. The highest BCUT2D eigenvalue weighted by molar-refractivity contribution is 7.94. The van der Waals surface area contributed by atoms with Crippen molar-refractivity contribution in [3.63, 3.8) is 0 Å². The first-order valence-corrected chi connectivity index (χ1v) is 7.44. The number of nitrogens with two attached hydrogens (primary N) is 1. The molecule has 0 aliphatic carbocycles. The van der Waals surface area contributed by atoms with Gasteiger partial charge in [-0.25, -0.2) is 0 Å². The van der Waals surface area contributed by atoms with Crippen LogP contribution in [-0.2, 0) is 10.0 Å². The van der Waals surface area contributed by atoms with E-state index in [-0.39, 0.29) is 10.8 Å². The number of para-hydroxylation sites is 2. The summed E-state index contributed by atoms with van der Waals surface area (Å²) in [5, 5.41) is 6.55. The van der Waals surface area contributed by atoms with Gasteiger partial charge in [0.15, 0.2) is 5.75 Å². The Kier molecular flexibility index (Phi) is 3.91. The molecule has 3 N–H and O–H groups in total. The fraction of sp³-hybridized carbons (Fsp3) is 0.111. The summed E-state index contributed by atoms with van der Waals surface area (Å²) < 4.78 is 65.8. The third-order valence-electron chi connectivity index (χ3n) is 2.01. The molecule has 0 spiro atoms. The minimum atomic E-state index is -4.95. The molecule has 0 unspecified atom stereocenters. The fourth-order valence-corrected chi connectivity index (χ4v) is 3.14. The molecule has 0 amide bonds. The molecule has 21 heavy (non-hydrogen) atoms. The molecule has 7 nitrogen and oxygen atoms in total. The molecule has 12 heteroatoms. The van der Waals surface area contributed by atoms with Crippen LogP contribution in [-0.4, -0.2) is 25.0 Å². The molecular formula is C9H7F3N4O3S2. The van der Waals surface area contributed by atoms with E-state index in [0.717, 1.165) is 12.1 Å². The number of hydrogen-bond acceptors (Lipinski definition) is 7. The third-order valence-corrected chi connectivity index (χ3v) is 4.49. The Bertz CT molecular complexity index is 745. The first-order chi connectivity index (χ1) is 9.67. The second-order valence-corrected chi connectivity index (χ2v) is 6.42. The normalized spacial score (nSPS) is 12.1. The Balaban J connectivity index is 2.31. The Hall–Kier alpha value is -2.08. The summed E-state index contributed by atoms with van der Waals surface area (Å²) in [6.07, 6.45) is -4.95. The molecule has 2 aromatic rings. The molecule has 0 atom stereocenters. The number of halogens is 3. The lowest BCUT2D eigenvalue weighted by atomic mass is 10.3. The SMILES string of the molecule is Nc1nnc(S(=O)(=O)Nc2ccccc2OC(F)(F)F)s1. The van der Waals surface area contributed by atoms with Crippen LogP contribution in [0.1, 0.15) is 0 Å². The number of hydrogen-bond donors (Lipinski definition) is 2. The Morgan fingerprint density at radius 1 is 1.24 bits per heavy atom. The van der Waals surface area contributed by atoms with Crippen molar-refractivity contribution in [1.29, 1.82) is 0 Å². The second kappa shape index (κ2) is 5.37. The summed E-state index contributed by atoms with van der Waals surface area (Å²) in [5.74, 6) is -0.689. The summed E-state index contributed by atoms with van der Waals surface area (Å²) in [7, 11) is -4.20. The van der Waals surface area contributed by atoms with Crippen molar-refractivity contribution in [3.05, 3.63) is 24.3 Å². The van der Waals surface area contributed by atoms with Gasteiger partial charge in [-0.15, -0.1) is 23.4 Å². The first-order valence-electron chi connectivity index (χ1n) is 5.14. The summed E-state index contributed by atoms with van der Waals surface area (Å²) in [4.78, 5) is 0. The molecule has 114 valence electrons. The van der Waals surface area contributed by atoms with Crippen molar-refractivity contribution in [3.8, 4) is 5.75 Å². The van der Waals surface area contributed by atoms with E-state index >= 15 is 0 Å². The van der Waals surface area contributed by atoms with Gasteiger partial charge in [0.2, 0.25) is 5.13 Å². The highest BCUT2D eigenvalue weighted by atomic mass is 32.2. The van der Waals surface area contributed by atoms with Crippen LogP contribution in [0, 0.1) is 0 Å². The van der Waals surface area contributed by atoms with Gasteiger partial charge in [0.1, 0.15) is 0 Å². The number of nitrogen functional groups attached to an aromatic ring is 1. The van der Waals surface area contributed by atoms with Gasteiger partial charge in [-0.3, -0.25) is 4.72 Å². The number of nitrogens with one attached hydrogen (secondary N) is 1. The maximum Gasteiger partial charge on any atom is 0.573 e. The van der Waals surface area contributed by atoms with Gasteiger partial charge in [0.05, 0.1) is 5.69 Å². The number of anilines is 2. The van der Waals surface area contributed by atoms with Gasteiger partial charge in [0, 0.05) is 0 Å². The highest BCUT2D eigenvalue weighted by Gasteiger charge is 2.32. The predicted molar refractivity (Wildman–Crippen MR) is 68.3 cm³/mol. The maximum atomic E-state index is 12.2. The number of alkyl halides is 3. The number of nitrogens with zero attached hydrogens (tertiary/aromatic N) is 2. The summed E-state index contributed by atoms with van der Waals surface area (Å²) in [5.41, 5.74) is 4.88. The summed E-state index contributed by atoms with van der Waals surface area (Å²) >= 11 is 0.575. The maximum absolute atomic E-state index is 12.2. The van der Waals surface area contributed by atoms with Crippen molar-refractivity contribution in [2.24, 2.45) is 0 Å². The highest BCUT2D eigenvalue weighted by Crippen LogP contribution is 2.31. The quantitative estimate of drug-likeness (QED) is 0.879. The number of sulfonamides is 1. The number of benzene rings is 1. The Morgan fingerprint density at radius 2 is 1.90 bits per heavy atom. The third kappa shape index (κ3) is 3.95. The van der Waals surface area contributed by atoms with Crippen LogP contribution in [0.3, 0.4) is 0 Å². The molecule has 0 saturated carbocycles. The second-order valence-electron chi connectivity index (χ2n) is 3.56. The van der Waals surface area contributed by atoms with E-state index in [1.54, 1.807) is 0 Å². The summed E-state index contributed by atoms with van der Waals surface area (Å²) in [6.45, 7) is 0. The lowest BCUT2D eigenvalue weighted by Gasteiger charge is -2.13. The standard InChI is InChI=1S/C9H7F3N4O3S2/c10-9(11,12)19-6-4-2-1-3-5(6)16-21(17,18)8-15-14-7(13)20-8/h1-4,16H,(H2,13,14). The van der Waals surface area contributed by atoms with Crippen molar-refractivity contribution in [1.82, 2.24) is 10.2 Å². The van der Waals surface area contributed by atoms with Gasteiger partial charge in [-0.1, -0.05) is 23.5 Å². The van der Waals surface area contributed by atoms with Gasteiger partial charge in [0.25, 0.3) is 14.4 Å². The Morgan fingerprint density at radius 3 is 2.48 bits per heavy atom. The van der Waals surface area contributed by atoms with Crippen LogP contribution >= 0.6 is 11.3 Å². The van der Waals surface area contributed by atoms with Gasteiger partial charge < -0.3 is 10.5 Å². The first kappa shape index (κ1) is 15.3. The van der Waals surface area contributed by atoms with Crippen molar-refractivity contribution >= 4 is 32.2 Å². The minimum Gasteiger partial charge on any atom is -0.404 e. The van der Waals surface area contributed by atoms with Gasteiger partial charge in [-0.05, 0) is 12.1 Å². The van der Waals surface area contributed by atoms with Crippen LogP contribution in [0.25, 0.3) is 0 Å². The number of ether oxygens (including phenoxy) is 1. The van der Waals surface area contributed by atoms with Crippen molar-refractivity contribution in [2.75, 3.05) is 10.5 Å². The molecular weight excluding hydrogens is 333 g/mol. The molecule has 0 radical (unpaired) electrons. The van der Waals surface area contributed by atoms with Crippen LogP contribution in [0.15, 0.2) is 28.6 Å². The zero-order valence-corrected chi connectivity index (χ0v) is 11.6. The van der Waals surface area contributed by atoms with E-state index in [9.17, 15) is 21.6 Å². The molecule has 1 heterocycles. The van der Waals surface area contributed by atoms with Crippen LogP contribution in [0.5, 0.6) is 5.75 Å². The predicted octanol–water partition coefficient (Wildman–Crippen LogP) is 1.82. The van der Waals surface area contributed by atoms with Gasteiger partial charge >= 0.3 is 6.36 Å². The van der Waals surface area contributed by atoms with Crippen LogP contribution < -0.4 is 15.2 Å². The smallest absolute Gasteiger partial charge is 0.404 e. The average molecular weight is 340 g/mol. The molecule has 0 aliphatic heterocycles. The van der Waals surface area contributed by atoms with Gasteiger partial charge in [-0.2, -0.15) is 8.42 Å². The van der Waals surface area contributed by atoms with E-state index in [1.807, 2.05) is 4.72 Å². The molecule has 2 rings (SSSR count).